The average Bonchev–Trinajstić information content (AvgIpc) is 2.47. The summed E-state index contributed by atoms with van der Waals surface area (Å²) < 4.78 is 11.5. The van der Waals surface area contributed by atoms with Gasteiger partial charge in [-0.1, -0.05) is 12.1 Å². The van der Waals surface area contributed by atoms with Gasteiger partial charge < -0.3 is 15.2 Å². The van der Waals surface area contributed by atoms with Crippen LogP contribution in [0.5, 0.6) is 11.5 Å². The molecule has 0 bridgehead atoms. The van der Waals surface area contributed by atoms with Gasteiger partial charge in [0.1, 0.15) is 6.61 Å². The minimum atomic E-state index is -0.286. The number of hydrogen-bond donors (Lipinski definition) is 1. The first kappa shape index (κ1) is 11.0. The highest BCUT2D eigenvalue weighted by molar-refractivity contribution is 5.41. The molecule has 1 aromatic carbocycles. The van der Waals surface area contributed by atoms with Crippen LogP contribution in [0.4, 0.5) is 0 Å². The fraction of sp³-hybridized carbons (Fsp3) is 0.231. The minimum Gasteiger partial charge on any atom is -0.485 e. The Kier molecular flexibility index (Phi) is 2.82. The van der Waals surface area contributed by atoms with E-state index >= 15 is 0 Å². The summed E-state index contributed by atoms with van der Waals surface area (Å²) in [7, 11) is 0. The summed E-state index contributed by atoms with van der Waals surface area (Å²) in [6.07, 6.45) is 1.40. The number of benzene rings is 1. The maximum atomic E-state index is 5.83. The third-order valence-electron chi connectivity index (χ3n) is 2.74. The van der Waals surface area contributed by atoms with Gasteiger partial charge >= 0.3 is 0 Å². The molecule has 2 heterocycles. The van der Waals surface area contributed by atoms with Gasteiger partial charge in [0.15, 0.2) is 23.4 Å². The second kappa shape index (κ2) is 4.62. The molecule has 1 aromatic heterocycles. The van der Waals surface area contributed by atoms with Crippen molar-refractivity contribution in [1.82, 2.24) is 9.97 Å². The molecule has 1 aliphatic heterocycles. The monoisotopic (exact) mass is 243 g/mol. The lowest BCUT2D eigenvalue weighted by molar-refractivity contribution is 0.0849. The van der Waals surface area contributed by atoms with Crippen LogP contribution in [0.1, 0.15) is 17.6 Å². The zero-order valence-corrected chi connectivity index (χ0v) is 9.74. The molecule has 5 nitrogen and oxygen atoms in total. The fourth-order valence-corrected chi connectivity index (χ4v) is 1.83. The van der Waals surface area contributed by atoms with Crippen LogP contribution in [0, 0.1) is 0 Å². The topological polar surface area (TPSA) is 70.3 Å². The standard InChI is InChI=1S/C13H13N3O2/c14-7-9-5-6-15-13(16-9)12-8-17-10-3-1-2-4-11(10)18-12/h1-6,12H,7-8,14H2. The van der Waals surface area contributed by atoms with Crippen molar-refractivity contribution >= 4 is 0 Å². The van der Waals surface area contributed by atoms with Crippen LogP contribution < -0.4 is 15.2 Å². The van der Waals surface area contributed by atoms with Crippen LogP contribution in [0.15, 0.2) is 36.5 Å². The van der Waals surface area contributed by atoms with Crippen molar-refractivity contribution in [2.45, 2.75) is 12.6 Å². The summed E-state index contributed by atoms with van der Waals surface area (Å²) in [6, 6.07) is 9.36. The number of nitrogens with two attached hydrogens (primary N) is 1. The van der Waals surface area contributed by atoms with Crippen LogP contribution in [0.2, 0.25) is 0 Å². The van der Waals surface area contributed by atoms with E-state index in [9.17, 15) is 0 Å². The number of fused-ring (bicyclic) bond motifs is 1. The summed E-state index contributed by atoms with van der Waals surface area (Å²) in [5.74, 6) is 2.08. The SMILES string of the molecule is NCc1ccnc(C2COc3ccccc3O2)n1. The third kappa shape index (κ3) is 2.00. The molecular formula is C13H13N3O2. The van der Waals surface area contributed by atoms with E-state index in [1.54, 1.807) is 12.3 Å². The summed E-state index contributed by atoms with van der Waals surface area (Å²) in [5, 5.41) is 0. The predicted molar refractivity (Wildman–Crippen MR) is 65.2 cm³/mol. The zero-order chi connectivity index (χ0) is 12.4. The maximum absolute atomic E-state index is 5.83. The number of hydrogen-bond acceptors (Lipinski definition) is 5. The summed E-state index contributed by atoms with van der Waals surface area (Å²) in [6.45, 7) is 0.796. The van der Waals surface area contributed by atoms with E-state index in [0.29, 0.717) is 19.0 Å². The Morgan fingerprint density at radius 3 is 2.89 bits per heavy atom. The number of para-hydroxylation sites is 2. The molecule has 0 aliphatic carbocycles. The average molecular weight is 243 g/mol. The minimum absolute atomic E-state index is 0.286. The maximum Gasteiger partial charge on any atom is 0.192 e. The smallest absolute Gasteiger partial charge is 0.192 e. The first-order valence-electron chi connectivity index (χ1n) is 5.77. The molecule has 18 heavy (non-hydrogen) atoms. The molecule has 1 atom stereocenters. The van der Waals surface area contributed by atoms with Crippen molar-refractivity contribution in [3.8, 4) is 11.5 Å². The Labute approximate surface area is 105 Å². The van der Waals surface area contributed by atoms with Gasteiger partial charge in [-0.15, -0.1) is 0 Å². The quantitative estimate of drug-likeness (QED) is 0.864. The Morgan fingerprint density at radius 1 is 1.22 bits per heavy atom. The lowest BCUT2D eigenvalue weighted by Crippen LogP contribution is -2.24. The van der Waals surface area contributed by atoms with Crippen molar-refractivity contribution in [2.75, 3.05) is 6.61 Å². The Balaban J connectivity index is 1.87. The fourth-order valence-electron chi connectivity index (χ4n) is 1.83. The van der Waals surface area contributed by atoms with Crippen molar-refractivity contribution in [1.29, 1.82) is 0 Å². The van der Waals surface area contributed by atoms with Gasteiger partial charge in [0.25, 0.3) is 0 Å². The van der Waals surface area contributed by atoms with Crippen molar-refractivity contribution < 1.29 is 9.47 Å². The van der Waals surface area contributed by atoms with Gasteiger partial charge in [-0.2, -0.15) is 0 Å². The van der Waals surface area contributed by atoms with Crippen molar-refractivity contribution in [2.24, 2.45) is 5.73 Å². The van der Waals surface area contributed by atoms with Gasteiger partial charge in [-0.05, 0) is 18.2 Å². The number of ether oxygens (including phenoxy) is 2. The number of rotatable bonds is 2. The molecule has 0 amide bonds. The zero-order valence-electron chi connectivity index (χ0n) is 9.74. The van der Waals surface area contributed by atoms with E-state index in [1.807, 2.05) is 24.3 Å². The Morgan fingerprint density at radius 2 is 2.06 bits per heavy atom. The van der Waals surface area contributed by atoms with E-state index in [-0.39, 0.29) is 6.10 Å². The first-order valence-corrected chi connectivity index (χ1v) is 5.77. The molecular weight excluding hydrogens is 230 g/mol. The molecule has 0 saturated carbocycles. The summed E-state index contributed by atoms with van der Waals surface area (Å²) >= 11 is 0. The van der Waals surface area contributed by atoms with E-state index < -0.39 is 0 Å². The van der Waals surface area contributed by atoms with Gasteiger partial charge in [0.2, 0.25) is 0 Å². The van der Waals surface area contributed by atoms with Crippen molar-refractivity contribution in [3.63, 3.8) is 0 Å². The lowest BCUT2D eigenvalue weighted by atomic mass is 10.2. The van der Waals surface area contributed by atoms with Crippen LogP contribution in [-0.4, -0.2) is 16.6 Å². The highest BCUT2D eigenvalue weighted by Gasteiger charge is 2.24. The lowest BCUT2D eigenvalue weighted by Gasteiger charge is -2.25. The van der Waals surface area contributed by atoms with Crippen LogP contribution in [-0.2, 0) is 6.54 Å². The third-order valence-corrected chi connectivity index (χ3v) is 2.74. The molecule has 0 spiro atoms. The Hall–Kier alpha value is -2.14. The van der Waals surface area contributed by atoms with Gasteiger partial charge in [-0.25, -0.2) is 9.97 Å². The van der Waals surface area contributed by atoms with Gasteiger partial charge in [0, 0.05) is 12.7 Å². The molecule has 5 heteroatoms. The van der Waals surface area contributed by atoms with Crippen molar-refractivity contribution in [3.05, 3.63) is 48.0 Å². The second-order valence-corrected chi connectivity index (χ2v) is 3.97. The first-order chi connectivity index (χ1) is 8.86. The number of nitrogens with zero attached hydrogens (tertiary/aromatic N) is 2. The molecule has 2 aromatic rings. The largest absolute Gasteiger partial charge is 0.485 e. The molecule has 92 valence electrons. The van der Waals surface area contributed by atoms with Gasteiger partial charge in [0.05, 0.1) is 5.69 Å². The van der Waals surface area contributed by atoms with Crippen LogP contribution >= 0.6 is 0 Å². The van der Waals surface area contributed by atoms with Crippen LogP contribution in [0.25, 0.3) is 0 Å². The molecule has 2 N–H and O–H groups in total. The molecule has 0 saturated heterocycles. The van der Waals surface area contributed by atoms with E-state index in [0.717, 1.165) is 17.2 Å². The van der Waals surface area contributed by atoms with Gasteiger partial charge in [-0.3, -0.25) is 0 Å². The highest BCUT2D eigenvalue weighted by Crippen LogP contribution is 2.34. The van der Waals surface area contributed by atoms with E-state index in [4.69, 9.17) is 15.2 Å². The van der Waals surface area contributed by atoms with E-state index in [1.165, 1.54) is 0 Å². The Bertz CT molecular complexity index is 559. The number of aromatic nitrogens is 2. The second-order valence-electron chi connectivity index (χ2n) is 3.97. The molecule has 0 fully saturated rings. The summed E-state index contributed by atoms with van der Waals surface area (Å²) in [5.41, 5.74) is 6.36. The summed E-state index contributed by atoms with van der Waals surface area (Å²) in [4.78, 5) is 8.56. The van der Waals surface area contributed by atoms with Crippen LogP contribution in [0.3, 0.4) is 0 Å². The molecule has 3 rings (SSSR count). The predicted octanol–water partition coefficient (Wildman–Crippen LogP) is 1.45. The highest BCUT2D eigenvalue weighted by atomic mass is 16.6. The van der Waals surface area contributed by atoms with E-state index in [2.05, 4.69) is 9.97 Å². The molecule has 1 unspecified atom stereocenters. The normalized spacial score (nSPS) is 17.5. The molecule has 0 radical (unpaired) electrons. The molecule has 1 aliphatic rings.